The van der Waals surface area contributed by atoms with Gasteiger partial charge in [0.05, 0.1) is 31.8 Å². The van der Waals surface area contributed by atoms with Gasteiger partial charge in [-0.25, -0.2) is 9.98 Å². The number of ether oxygens (including phenoxy) is 2. The number of nitrogens with zero attached hydrogens (tertiary/aromatic N) is 6. The van der Waals surface area contributed by atoms with E-state index < -0.39 is 6.23 Å². The Morgan fingerprint density at radius 1 is 1.00 bits per heavy atom. The molecule has 1 fully saturated rings. The van der Waals surface area contributed by atoms with Gasteiger partial charge in [-0.15, -0.1) is 0 Å². The summed E-state index contributed by atoms with van der Waals surface area (Å²) in [5.74, 6) is 1.66. The van der Waals surface area contributed by atoms with E-state index >= 15 is 0 Å². The summed E-state index contributed by atoms with van der Waals surface area (Å²) in [6.07, 6.45) is 1.59. The average Bonchev–Trinajstić information content (AvgIpc) is 3.08. The number of anilines is 6. The van der Waals surface area contributed by atoms with E-state index in [1.54, 1.807) is 43.5 Å². The Morgan fingerprint density at radius 2 is 1.78 bits per heavy atom. The highest BCUT2D eigenvalue weighted by Crippen LogP contribution is 2.41. The summed E-state index contributed by atoms with van der Waals surface area (Å²) in [6.45, 7) is 7.41. The molecule has 2 aliphatic heterocycles. The first-order valence-electron chi connectivity index (χ1n) is 14.9. The van der Waals surface area contributed by atoms with Gasteiger partial charge in [0.2, 0.25) is 11.9 Å². The fraction of sp³-hybridized carbons (Fsp3) is 0.235. The Kier molecular flexibility index (Phi) is 8.81. The summed E-state index contributed by atoms with van der Waals surface area (Å²) >= 11 is 0. The van der Waals surface area contributed by atoms with E-state index in [4.69, 9.17) is 19.5 Å². The minimum absolute atomic E-state index is 0.292. The number of nitrogens with one attached hydrogen (secondary N) is 2. The van der Waals surface area contributed by atoms with E-state index in [-0.39, 0.29) is 5.91 Å². The van der Waals surface area contributed by atoms with Crippen LogP contribution in [0, 0.1) is 0 Å². The standard InChI is InChI=1S/C34H36N8O4/c1-5-30(43)36-23-7-6-8-25(19-23)42-32-28(37-31(33(42)44)22-9-12-26(45-3)13-10-22)21-35-34(39-32)38-27-14-11-24(20-29(27)46-4)41-17-15-40(2)16-18-41/h5-14,19-21,33,44H,1,15-18H2,2-4H3,(H,36,43)(H,35,38,39). The van der Waals surface area contributed by atoms with Gasteiger partial charge in [0.25, 0.3) is 0 Å². The Balaban J connectivity index is 1.37. The van der Waals surface area contributed by atoms with Crippen molar-refractivity contribution < 1.29 is 19.4 Å². The molecule has 6 rings (SSSR count). The highest BCUT2D eigenvalue weighted by atomic mass is 16.5. The van der Waals surface area contributed by atoms with Gasteiger partial charge in [-0.05, 0) is 67.7 Å². The topological polar surface area (TPSA) is 128 Å². The van der Waals surface area contributed by atoms with Crippen LogP contribution in [0.4, 0.5) is 40.2 Å². The van der Waals surface area contributed by atoms with Crippen molar-refractivity contribution >= 4 is 51.8 Å². The zero-order valence-electron chi connectivity index (χ0n) is 26.0. The molecule has 12 nitrogen and oxygen atoms in total. The number of piperazine rings is 1. The quantitative estimate of drug-likeness (QED) is 0.227. The molecule has 3 heterocycles. The third-order valence-corrected chi connectivity index (χ3v) is 7.97. The molecule has 0 aliphatic carbocycles. The lowest BCUT2D eigenvalue weighted by molar-refractivity contribution is -0.111. The molecular weight excluding hydrogens is 584 g/mol. The summed E-state index contributed by atoms with van der Waals surface area (Å²) in [6, 6.07) is 20.4. The number of amides is 1. The number of likely N-dealkylation sites (N-methyl/N-ethyl adjacent to an activating group) is 1. The van der Waals surface area contributed by atoms with Gasteiger partial charge in [-0.2, -0.15) is 4.98 Å². The van der Waals surface area contributed by atoms with E-state index in [1.807, 2.05) is 42.5 Å². The first kappa shape index (κ1) is 30.6. The lowest BCUT2D eigenvalue weighted by atomic mass is 10.1. The van der Waals surface area contributed by atoms with Crippen LogP contribution in [0.3, 0.4) is 0 Å². The second-order valence-electron chi connectivity index (χ2n) is 10.9. The number of hydrogen-bond donors (Lipinski definition) is 3. The third kappa shape index (κ3) is 6.34. The third-order valence-electron chi connectivity index (χ3n) is 7.97. The Morgan fingerprint density at radius 3 is 2.50 bits per heavy atom. The first-order valence-corrected chi connectivity index (χ1v) is 14.9. The highest BCUT2D eigenvalue weighted by Gasteiger charge is 2.33. The molecule has 0 bridgehead atoms. The van der Waals surface area contributed by atoms with Crippen molar-refractivity contribution in [2.75, 3.05) is 67.9 Å². The first-order chi connectivity index (χ1) is 22.4. The molecule has 1 saturated heterocycles. The monoisotopic (exact) mass is 620 g/mol. The van der Waals surface area contributed by atoms with Crippen LogP contribution in [0.25, 0.3) is 0 Å². The van der Waals surface area contributed by atoms with E-state index in [2.05, 4.69) is 45.1 Å². The minimum atomic E-state index is -1.22. The van der Waals surface area contributed by atoms with Crippen molar-refractivity contribution in [3.63, 3.8) is 0 Å². The Hall–Kier alpha value is -5.46. The summed E-state index contributed by atoms with van der Waals surface area (Å²) < 4.78 is 11.1. The molecule has 236 valence electrons. The predicted molar refractivity (Wildman–Crippen MR) is 181 cm³/mol. The smallest absolute Gasteiger partial charge is 0.247 e. The number of aliphatic hydroxyl groups excluding tert-OH is 1. The average molecular weight is 621 g/mol. The van der Waals surface area contributed by atoms with Gasteiger partial charge < -0.3 is 35.0 Å². The van der Waals surface area contributed by atoms with E-state index in [9.17, 15) is 9.90 Å². The van der Waals surface area contributed by atoms with Gasteiger partial charge >= 0.3 is 0 Å². The van der Waals surface area contributed by atoms with Gasteiger partial charge in [0.15, 0.2) is 12.0 Å². The summed E-state index contributed by atoms with van der Waals surface area (Å²) in [5, 5.41) is 17.9. The second-order valence-corrected chi connectivity index (χ2v) is 10.9. The Bertz CT molecular complexity index is 1770. The highest BCUT2D eigenvalue weighted by molar-refractivity contribution is 6.10. The second kappa shape index (κ2) is 13.3. The van der Waals surface area contributed by atoms with Crippen molar-refractivity contribution in [1.29, 1.82) is 0 Å². The number of methoxy groups -OCH3 is 2. The molecule has 1 amide bonds. The fourth-order valence-corrected chi connectivity index (χ4v) is 5.44. The lowest BCUT2D eigenvalue weighted by Gasteiger charge is -2.34. The molecule has 4 aromatic rings. The van der Waals surface area contributed by atoms with E-state index in [0.717, 1.165) is 31.9 Å². The minimum Gasteiger partial charge on any atom is -0.497 e. The largest absolute Gasteiger partial charge is 0.497 e. The molecular formula is C34H36N8O4. The van der Waals surface area contributed by atoms with Crippen molar-refractivity contribution in [3.8, 4) is 11.5 Å². The van der Waals surface area contributed by atoms with Crippen LogP contribution in [-0.4, -0.2) is 85.3 Å². The zero-order valence-corrected chi connectivity index (χ0v) is 26.0. The maximum Gasteiger partial charge on any atom is 0.247 e. The number of aliphatic imine (C=N–C) groups is 1. The fourth-order valence-electron chi connectivity index (χ4n) is 5.44. The maximum atomic E-state index is 12.1. The van der Waals surface area contributed by atoms with Crippen LogP contribution in [0.15, 0.2) is 90.6 Å². The van der Waals surface area contributed by atoms with Gasteiger partial charge in [-0.1, -0.05) is 12.6 Å². The molecule has 3 aromatic carbocycles. The number of fused-ring (bicyclic) bond motifs is 1. The van der Waals surface area contributed by atoms with Crippen molar-refractivity contribution in [1.82, 2.24) is 14.9 Å². The molecule has 0 saturated carbocycles. The number of rotatable bonds is 9. The van der Waals surface area contributed by atoms with Crippen molar-refractivity contribution in [3.05, 3.63) is 91.1 Å². The normalized spacial score (nSPS) is 16.3. The van der Waals surface area contributed by atoms with Crippen molar-refractivity contribution in [2.24, 2.45) is 4.99 Å². The molecule has 3 N–H and O–H groups in total. The van der Waals surface area contributed by atoms with Crippen LogP contribution in [0.2, 0.25) is 0 Å². The number of carbonyl (C=O) groups is 1. The van der Waals surface area contributed by atoms with Crippen LogP contribution >= 0.6 is 0 Å². The van der Waals surface area contributed by atoms with Gasteiger partial charge in [-0.3, -0.25) is 9.69 Å². The molecule has 1 atom stereocenters. The van der Waals surface area contributed by atoms with Crippen LogP contribution in [0.5, 0.6) is 11.5 Å². The summed E-state index contributed by atoms with van der Waals surface area (Å²) in [5.41, 5.74) is 4.45. The molecule has 0 spiro atoms. The molecule has 46 heavy (non-hydrogen) atoms. The zero-order chi connectivity index (χ0) is 32.2. The van der Waals surface area contributed by atoms with Crippen molar-refractivity contribution in [2.45, 2.75) is 6.23 Å². The molecule has 0 radical (unpaired) electrons. The van der Waals surface area contributed by atoms with Crippen LogP contribution in [-0.2, 0) is 4.79 Å². The summed E-state index contributed by atoms with van der Waals surface area (Å²) in [7, 11) is 5.36. The lowest BCUT2D eigenvalue weighted by Crippen LogP contribution is -2.44. The number of aromatic nitrogens is 2. The molecule has 1 aromatic heterocycles. The summed E-state index contributed by atoms with van der Waals surface area (Å²) in [4.78, 5) is 32.5. The van der Waals surface area contributed by atoms with Gasteiger partial charge in [0.1, 0.15) is 17.2 Å². The van der Waals surface area contributed by atoms with Crippen LogP contribution in [0.1, 0.15) is 5.56 Å². The van der Waals surface area contributed by atoms with Crippen LogP contribution < -0.4 is 29.9 Å². The number of aliphatic hydroxyl groups is 1. The number of carbonyl (C=O) groups excluding carboxylic acids is 1. The molecule has 1 unspecified atom stereocenters. The van der Waals surface area contributed by atoms with E-state index in [0.29, 0.717) is 57.3 Å². The SMILES string of the molecule is C=CC(=O)Nc1cccc(N2c3nc(Nc4ccc(N5CCN(C)CC5)cc4OC)ncc3N=C(c3ccc(OC)cc3)C2O)c1. The predicted octanol–water partition coefficient (Wildman–Crippen LogP) is 4.70. The van der Waals surface area contributed by atoms with Gasteiger partial charge in [0, 0.05) is 54.9 Å². The number of hydrogen-bond acceptors (Lipinski definition) is 11. The molecule has 2 aliphatic rings. The maximum absolute atomic E-state index is 12.1. The molecule has 12 heteroatoms. The Labute approximate surface area is 267 Å². The van der Waals surface area contributed by atoms with E-state index in [1.165, 1.54) is 6.08 Å². The number of benzene rings is 3.